The standard InChI is InChI=1S/C22H27F3N4O5/c1-2-32-21(31)13-3-5-15(6-4-13)29-11-14(12-29)27-19(30)10-26-20-17-9-16(33-22(23,24)25)7-8-18(17)34-28-20/h7-9,13-15H,2-6,10-12H2,1H3,(H,26,28)(H,27,30). The Balaban J connectivity index is 1.20. The predicted octanol–water partition coefficient (Wildman–Crippen LogP) is 3.06. The minimum Gasteiger partial charge on any atom is -0.466 e. The number of amides is 1. The average Bonchev–Trinajstić information content (AvgIpc) is 3.16. The summed E-state index contributed by atoms with van der Waals surface area (Å²) < 4.78 is 51.5. The van der Waals surface area contributed by atoms with Crippen molar-refractivity contribution in [3.05, 3.63) is 18.2 Å². The van der Waals surface area contributed by atoms with Gasteiger partial charge in [0.05, 0.1) is 30.5 Å². The van der Waals surface area contributed by atoms with Gasteiger partial charge in [0.15, 0.2) is 11.4 Å². The van der Waals surface area contributed by atoms with Crippen LogP contribution in [-0.2, 0) is 14.3 Å². The first-order chi connectivity index (χ1) is 16.2. The van der Waals surface area contributed by atoms with Crippen LogP contribution < -0.4 is 15.4 Å². The van der Waals surface area contributed by atoms with Crippen molar-refractivity contribution in [1.82, 2.24) is 15.4 Å². The summed E-state index contributed by atoms with van der Waals surface area (Å²) in [4.78, 5) is 26.5. The van der Waals surface area contributed by atoms with Crippen LogP contribution in [0.5, 0.6) is 5.75 Å². The molecular formula is C22H27F3N4O5. The van der Waals surface area contributed by atoms with Gasteiger partial charge in [-0.15, -0.1) is 13.2 Å². The molecule has 2 aliphatic rings. The number of ether oxygens (including phenoxy) is 2. The molecule has 2 heterocycles. The summed E-state index contributed by atoms with van der Waals surface area (Å²) in [5, 5.41) is 9.79. The van der Waals surface area contributed by atoms with Crippen LogP contribution in [0, 0.1) is 5.92 Å². The largest absolute Gasteiger partial charge is 0.573 e. The third-order valence-corrected chi connectivity index (χ3v) is 6.20. The smallest absolute Gasteiger partial charge is 0.466 e. The Bertz CT molecular complexity index is 1010. The van der Waals surface area contributed by atoms with Gasteiger partial charge in [-0.2, -0.15) is 0 Å². The molecule has 1 amide bonds. The van der Waals surface area contributed by atoms with Gasteiger partial charge in [-0.25, -0.2) is 0 Å². The molecular weight excluding hydrogens is 457 g/mol. The van der Waals surface area contributed by atoms with E-state index in [4.69, 9.17) is 9.26 Å². The third kappa shape index (κ3) is 5.91. The lowest BCUT2D eigenvalue weighted by Crippen LogP contribution is -2.63. The van der Waals surface area contributed by atoms with Crippen LogP contribution >= 0.6 is 0 Å². The monoisotopic (exact) mass is 484 g/mol. The van der Waals surface area contributed by atoms with Crippen molar-refractivity contribution in [2.45, 2.75) is 51.1 Å². The Morgan fingerprint density at radius 2 is 1.94 bits per heavy atom. The van der Waals surface area contributed by atoms with Gasteiger partial charge < -0.3 is 24.6 Å². The van der Waals surface area contributed by atoms with Crippen LogP contribution in [0.3, 0.4) is 0 Å². The summed E-state index contributed by atoms with van der Waals surface area (Å²) in [6.45, 7) is 3.59. The maximum absolute atomic E-state index is 12.5. The number of nitrogens with one attached hydrogen (secondary N) is 2. The van der Waals surface area contributed by atoms with E-state index in [-0.39, 0.29) is 47.2 Å². The molecule has 0 bridgehead atoms. The third-order valence-electron chi connectivity index (χ3n) is 6.20. The van der Waals surface area contributed by atoms with Gasteiger partial charge in [-0.1, -0.05) is 5.16 Å². The van der Waals surface area contributed by atoms with Crippen LogP contribution in [0.1, 0.15) is 32.6 Å². The first kappa shape index (κ1) is 24.1. The summed E-state index contributed by atoms with van der Waals surface area (Å²) in [5.41, 5.74) is 0.268. The molecule has 0 atom stereocenters. The Morgan fingerprint density at radius 3 is 2.62 bits per heavy atom. The number of esters is 1. The van der Waals surface area contributed by atoms with Crippen molar-refractivity contribution < 1.29 is 36.8 Å². The molecule has 1 saturated carbocycles. The molecule has 2 fully saturated rings. The predicted molar refractivity (Wildman–Crippen MR) is 115 cm³/mol. The molecule has 9 nitrogen and oxygen atoms in total. The van der Waals surface area contributed by atoms with E-state index in [1.165, 1.54) is 6.07 Å². The zero-order valence-electron chi connectivity index (χ0n) is 18.7. The van der Waals surface area contributed by atoms with Crippen LogP contribution in [0.15, 0.2) is 22.7 Å². The number of hydrogen-bond acceptors (Lipinski definition) is 8. The maximum atomic E-state index is 12.5. The molecule has 1 saturated heterocycles. The number of anilines is 1. The first-order valence-corrected chi connectivity index (χ1v) is 11.3. The molecule has 186 valence electrons. The molecule has 1 aliphatic carbocycles. The average molecular weight is 484 g/mol. The number of likely N-dealkylation sites (tertiary alicyclic amines) is 1. The van der Waals surface area contributed by atoms with E-state index in [1.54, 1.807) is 0 Å². The number of carbonyl (C=O) groups excluding carboxylic acids is 2. The Hall–Kier alpha value is -3.02. The molecule has 4 rings (SSSR count). The number of carbonyl (C=O) groups is 2. The maximum Gasteiger partial charge on any atom is 0.573 e. The number of rotatable bonds is 8. The Kier molecular flexibility index (Phi) is 7.15. The number of benzene rings is 1. The molecule has 1 aromatic heterocycles. The number of alkyl halides is 3. The second kappa shape index (κ2) is 10.1. The van der Waals surface area contributed by atoms with Crippen LogP contribution in [-0.4, -0.2) is 66.6 Å². The number of aromatic nitrogens is 1. The summed E-state index contributed by atoms with van der Waals surface area (Å²) in [7, 11) is 0. The first-order valence-electron chi connectivity index (χ1n) is 11.3. The fourth-order valence-electron chi connectivity index (χ4n) is 4.52. The second-order valence-electron chi connectivity index (χ2n) is 8.57. The van der Waals surface area contributed by atoms with Crippen molar-refractivity contribution in [3.8, 4) is 5.75 Å². The molecule has 0 radical (unpaired) electrons. The topological polar surface area (TPSA) is 106 Å². The summed E-state index contributed by atoms with van der Waals surface area (Å²) in [6, 6.07) is 4.03. The molecule has 12 heteroatoms. The van der Waals surface area contributed by atoms with E-state index in [0.29, 0.717) is 12.6 Å². The van der Waals surface area contributed by atoms with Crippen LogP contribution in [0.2, 0.25) is 0 Å². The fraction of sp³-hybridized carbons (Fsp3) is 0.591. The van der Waals surface area contributed by atoms with E-state index in [2.05, 4.69) is 25.4 Å². The highest BCUT2D eigenvalue weighted by molar-refractivity contribution is 5.91. The molecule has 0 spiro atoms. The van der Waals surface area contributed by atoms with Crippen LogP contribution in [0.4, 0.5) is 19.0 Å². The highest BCUT2D eigenvalue weighted by Gasteiger charge is 2.37. The lowest BCUT2D eigenvalue weighted by molar-refractivity contribution is -0.274. The van der Waals surface area contributed by atoms with Crippen molar-refractivity contribution in [1.29, 1.82) is 0 Å². The van der Waals surface area contributed by atoms with Crippen molar-refractivity contribution in [2.24, 2.45) is 5.92 Å². The van der Waals surface area contributed by atoms with Crippen LogP contribution in [0.25, 0.3) is 11.0 Å². The molecule has 2 aromatic rings. The van der Waals surface area contributed by atoms with Gasteiger partial charge in [0.1, 0.15) is 5.75 Å². The summed E-state index contributed by atoms with van der Waals surface area (Å²) in [6.07, 6.45) is -1.30. The SMILES string of the molecule is CCOC(=O)C1CCC(N2CC(NC(=O)CNc3noc4ccc(OC(F)(F)F)cc34)C2)CC1. The van der Waals surface area contributed by atoms with Crippen molar-refractivity contribution in [3.63, 3.8) is 0 Å². The molecule has 34 heavy (non-hydrogen) atoms. The zero-order chi connectivity index (χ0) is 24.3. The van der Waals surface area contributed by atoms with Gasteiger partial charge in [-0.05, 0) is 50.8 Å². The van der Waals surface area contributed by atoms with Gasteiger partial charge in [0.25, 0.3) is 0 Å². The fourth-order valence-corrected chi connectivity index (χ4v) is 4.52. The van der Waals surface area contributed by atoms with Crippen molar-refractivity contribution >= 4 is 28.7 Å². The zero-order valence-corrected chi connectivity index (χ0v) is 18.7. The summed E-state index contributed by atoms with van der Waals surface area (Å²) in [5.74, 6) is -0.614. The summed E-state index contributed by atoms with van der Waals surface area (Å²) >= 11 is 0. The molecule has 2 N–H and O–H groups in total. The van der Waals surface area contributed by atoms with E-state index in [1.807, 2.05) is 6.92 Å². The van der Waals surface area contributed by atoms with Gasteiger partial charge in [0.2, 0.25) is 5.91 Å². The highest BCUT2D eigenvalue weighted by atomic mass is 19.4. The van der Waals surface area contributed by atoms with E-state index >= 15 is 0 Å². The molecule has 1 aliphatic heterocycles. The lowest BCUT2D eigenvalue weighted by Gasteiger charge is -2.46. The number of hydrogen-bond donors (Lipinski definition) is 2. The number of nitrogens with zero attached hydrogens (tertiary/aromatic N) is 2. The Morgan fingerprint density at radius 1 is 1.21 bits per heavy atom. The Labute approximate surface area is 193 Å². The van der Waals surface area contributed by atoms with E-state index < -0.39 is 12.1 Å². The normalized spacial score (nSPS) is 21.6. The molecule has 1 aromatic carbocycles. The van der Waals surface area contributed by atoms with Crippen molar-refractivity contribution in [2.75, 3.05) is 31.6 Å². The number of fused-ring (bicyclic) bond motifs is 1. The second-order valence-corrected chi connectivity index (χ2v) is 8.57. The minimum atomic E-state index is -4.81. The minimum absolute atomic E-state index is 0.0113. The van der Waals surface area contributed by atoms with Gasteiger partial charge >= 0.3 is 12.3 Å². The van der Waals surface area contributed by atoms with Gasteiger partial charge in [0, 0.05) is 19.1 Å². The van der Waals surface area contributed by atoms with E-state index in [0.717, 1.165) is 50.9 Å². The number of halogens is 3. The quantitative estimate of drug-likeness (QED) is 0.551. The lowest BCUT2D eigenvalue weighted by atomic mass is 9.84. The molecule has 0 unspecified atom stereocenters. The van der Waals surface area contributed by atoms with E-state index in [9.17, 15) is 22.8 Å². The highest BCUT2D eigenvalue weighted by Crippen LogP contribution is 2.31. The van der Waals surface area contributed by atoms with Gasteiger partial charge in [-0.3, -0.25) is 14.5 Å².